The Kier molecular flexibility index (Phi) is 3.88. The molecule has 0 unspecified atom stereocenters. The van der Waals surface area contributed by atoms with Gasteiger partial charge < -0.3 is 10.8 Å². The first-order chi connectivity index (χ1) is 7.54. The Morgan fingerprint density at radius 3 is 2.75 bits per heavy atom. The number of amides is 2. The summed E-state index contributed by atoms with van der Waals surface area (Å²) >= 11 is 0. The minimum atomic E-state index is -0.724. The Morgan fingerprint density at radius 2 is 2.25 bits per heavy atom. The minimum Gasteiger partial charge on any atom is -0.507 e. The van der Waals surface area contributed by atoms with Crippen LogP contribution in [0, 0.1) is 6.92 Å². The van der Waals surface area contributed by atoms with Gasteiger partial charge in [0, 0.05) is 5.56 Å². The highest BCUT2D eigenvalue weighted by atomic mass is 16.3. The zero-order chi connectivity index (χ0) is 12.1. The molecule has 1 rings (SSSR count). The lowest BCUT2D eigenvalue weighted by atomic mass is 10.1. The number of rotatable bonds is 3. The molecule has 5 heteroatoms. The van der Waals surface area contributed by atoms with Crippen LogP contribution in [0.15, 0.2) is 23.3 Å². The third-order valence-corrected chi connectivity index (χ3v) is 2.10. The van der Waals surface area contributed by atoms with E-state index < -0.39 is 6.03 Å². The van der Waals surface area contributed by atoms with Crippen molar-refractivity contribution in [2.24, 2.45) is 10.8 Å². The Labute approximate surface area is 94.0 Å². The summed E-state index contributed by atoms with van der Waals surface area (Å²) in [6, 6.07) is 4.54. The molecule has 0 atom stereocenters. The summed E-state index contributed by atoms with van der Waals surface area (Å²) in [5.41, 5.74) is 9.21. The number of phenolic OH excluding ortho intramolecular Hbond substituents is 1. The summed E-state index contributed by atoms with van der Waals surface area (Å²) in [6.07, 6.45) is 0.580. The van der Waals surface area contributed by atoms with Crippen LogP contribution >= 0.6 is 0 Å². The fraction of sp³-hybridized carbons (Fsp3) is 0.273. The number of hydrazone groups is 1. The van der Waals surface area contributed by atoms with Crippen LogP contribution in [-0.4, -0.2) is 16.8 Å². The Bertz CT molecular complexity index is 427. The highest BCUT2D eigenvalue weighted by molar-refractivity contribution is 6.03. The number of primary amides is 1. The number of benzene rings is 1. The quantitative estimate of drug-likeness (QED) is 0.533. The standard InChI is InChI=1S/C11H15N3O2/c1-3-9(13-14-11(12)16)8-5-4-7(2)6-10(8)15/h4-6,15H,3H2,1-2H3,(H3,12,14,16)/b13-9+. The van der Waals surface area contributed by atoms with E-state index in [2.05, 4.69) is 10.5 Å². The lowest BCUT2D eigenvalue weighted by molar-refractivity contribution is 0.249. The van der Waals surface area contributed by atoms with E-state index >= 15 is 0 Å². The number of aromatic hydroxyl groups is 1. The first-order valence-electron chi connectivity index (χ1n) is 4.96. The molecular formula is C11H15N3O2. The van der Waals surface area contributed by atoms with Gasteiger partial charge in [-0.1, -0.05) is 13.0 Å². The van der Waals surface area contributed by atoms with Gasteiger partial charge in [0.2, 0.25) is 0 Å². The fourth-order valence-corrected chi connectivity index (χ4v) is 1.34. The number of urea groups is 1. The zero-order valence-corrected chi connectivity index (χ0v) is 9.32. The SMILES string of the molecule is CC/C(=N\NC(N)=O)c1ccc(C)cc1O. The van der Waals surface area contributed by atoms with E-state index in [4.69, 9.17) is 5.73 Å². The van der Waals surface area contributed by atoms with Gasteiger partial charge in [-0.2, -0.15) is 5.10 Å². The molecule has 5 nitrogen and oxygen atoms in total. The summed E-state index contributed by atoms with van der Waals surface area (Å²) in [5.74, 6) is 0.145. The van der Waals surface area contributed by atoms with Gasteiger partial charge in [0.1, 0.15) is 5.75 Å². The maximum absolute atomic E-state index is 10.5. The summed E-state index contributed by atoms with van der Waals surface area (Å²) in [6.45, 7) is 3.76. The first-order valence-corrected chi connectivity index (χ1v) is 4.96. The molecule has 0 saturated heterocycles. The number of nitrogens with two attached hydrogens (primary N) is 1. The molecule has 0 bridgehead atoms. The van der Waals surface area contributed by atoms with Crippen molar-refractivity contribution < 1.29 is 9.90 Å². The molecule has 16 heavy (non-hydrogen) atoms. The van der Waals surface area contributed by atoms with Crippen LogP contribution in [0.3, 0.4) is 0 Å². The second-order valence-electron chi connectivity index (χ2n) is 3.41. The molecular weight excluding hydrogens is 206 g/mol. The molecule has 0 fully saturated rings. The second kappa shape index (κ2) is 5.16. The Balaban J connectivity index is 3.04. The van der Waals surface area contributed by atoms with Crippen LogP contribution in [0.4, 0.5) is 4.79 Å². The monoisotopic (exact) mass is 221 g/mol. The molecule has 4 N–H and O–H groups in total. The second-order valence-corrected chi connectivity index (χ2v) is 3.41. The van der Waals surface area contributed by atoms with Crippen LogP contribution in [0.2, 0.25) is 0 Å². The van der Waals surface area contributed by atoms with Crippen molar-refractivity contribution in [3.63, 3.8) is 0 Å². The summed E-state index contributed by atoms with van der Waals surface area (Å²) < 4.78 is 0. The third kappa shape index (κ3) is 2.98. The van der Waals surface area contributed by atoms with Gasteiger partial charge in [0.25, 0.3) is 0 Å². The predicted octanol–water partition coefficient (Wildman–Crippen LogP) is 1.48. The first kappa shape index (κ1) is 12.0. The molecule has 0 heterocycles. The number of nitrogens with zero attached hydrogens (tertiary/aromatic N) is 1. The van der Waals surface area contributed by atoms with Gasteiger partial charge in [-0.3, -0.25) is 0 Å². The van der Waals surface area contributed by atoms with E-state index in [1.165, 1.54) is 0 Å². The van der Waals surface area contributed by atoms with Crippen molar-refractivity contribution >= 4 is 11.7 Å². The van der Waals surface area contributed by atoms with Gasteiger partial charge in [-0.25, -0.2) is 10.2 Å². The molecule has 0 aliphatic carbocycles. The van der Waals surface area contributed by atoms with Crippen molar-refractivity contribution in [3.05, 3.63) is 29.3 Å². The zero-order valence-electron chi connectivity index (χ0n) is 9.32. The van der Waals surface area contributed by atoms with Crippen molar-refractivity contribution in [2.75, 3.05) is 0 Å². The van der Waals surface area contributed by atoms with Crippen molar-refractivity contribution in [1.29, 1.82) is 0 Å². The number of carbonyl (C=O) groups is 1. The number of aryl methyl sites for hydroxylation is 1. The highest BCUT2D eigenvalue weighted by Crippen LogP contribution is 2.20. The summed E-state index contributed by atoms with van der Waals surface area (Å²) in [5, 5.41) is 13.6. The van der Waals surface area contributed by atoms with Crippen LogP contribution in [0.25, 0.3) is 0 Å². The molecule has 1 aromatic carbocycles. The predicted molar refractivity (Wildman–Crippen MR) is 62.4 cm³/mol. The van der Waals surface area contributed by atoms with Crippen LogP contribution < -0.4 is 11.2 Å². The molecule has 86 valence electrons. The molecule has 2 amide bonds. The molecule has 0 aromatic heterocycles. The van der Waals surface area contributed by atoms with Crippen molar-refractivity contribution in [3.8, 4) is 5.75 Å². The maximum atomic E-state index is 10.5. The Hall–Kier alpha value is -2.04. The molecule has 0 aliphatic heterocycles. The summed E-state index contributed by atoms with van der Waals surface area (Å²) in [4.78, 5) is 10.5. The number of hydrogen-bond donors (Lipinski definition) is 3. The normalized spacial score (nSPS) is 11.2. The van der Waals surface area contributed by atoms with E-state index in [0.29, 0.717) is 17.7 Å². The lowest BCUT2D eigenvalue weighted by Crippen LogP contribution is -2.25. The van der Waals surface area contributed by atoms with Crippen LogP contribution in [0.5, 0.6) is 5.75 Å². The van der Waals surface area contributed by atoms with E-state index in [9.17, 15) is 9.90 Å². The van der Waals surface area contributed by atoms with Gasteiger partial charge in [0.05, 0.1) is 5.71 Å². The lowest BCUT2D eigenvalue weighted by Gasteiger charge is -2.07. The van der Waals surface area contributed by atoms with Gasteiger partial charge in [-0.15, -0.1) is 0 Å². The maximum Gasteiger partial charge on any atom is 0.332 e. The molecule has 0 saturated carbocycles. The average Bonchev–Trinajstić information content (AvgIpc) is 2.21. The van der Waals surface area contributed by atoms with E-state index in [1.54, 1.807) is 12.1 Å². The van der Waals surface area contributed by atoms with Crippen molar-refractivity contribution in [2.45, 2.75) is 20.3 Å². The van der Waals surface area contributed by atoms with Crippen LogP contribution in [-0.2, 0) is 0 Å². The van der Waals surface area contributed by atoms with Crippen molar-refractivity contribution in [1.82, 2.24) is 5.43 Å². The topological polar surface area (TPSA) is 87.7 Å². The van der Waals surface area contributed by atoms with E-state index in [0.717, 1.165) is 5.56 Å². The van der Waals surface area contributed by atoms with Gasteiger partial charge in [0.15, 0.2) is 0 Å². The van der Waals surface area contributed by atoms with E-state index in [-0.39, 0.29) is 5.75 Å². The van der Waals surface area contributed by atoms with E-state index in [1.807, 2.05) is 19.9 Å². The van der Waals surface area contributed by atoms with Crippen LogP contribution in [0.1, 0.15) is 24.5 Å². The molecule has 1 aromatic rings. The van der Waals surface area contributed by atoms with Gasteiger partial charge in [-0.05, 0) is 31.0 Å². The van der Waals surface area contributed by atoms with Gasteiger partial charge >= 0.3 is 6.03 Å². The number of hydrogen-bond acceptors (Lipinski definition) is 3. The number of phenols is 1. The number of carbonyl (C=O) groups excluding carboxylic acids is 1. The minimum absolute atomic E-state index is 0.145. The average molecular weight is 221 g/mol. The number of nitrogens with one attached hydrogen (secondary N) is 1. The third-order valence-electron chi connectivity index (χ3n) is 2.10. The highest BCUT2D eigenvalue weighted by Gasteiger charge is 2.07. The molecule has 0 radical (unpaired) electrons. The fourth-order valence-electron chi connectivity index (χ4n) is 1.34. The smallest absolute Gasteiger partial charge is 0.332 e. The largest absolute Gasteiger partial charge is 0.507 e. The summed E-state index contributed by atoms with van der Waals surface area (Å²) in [7, 11) is 0. The Morgan fingerprint density at radius 1 is 1.56 bits per heavy atom. The molecule has 0 aliphatic rings. The molecule has 0 spiro atoms.